The predicted molar refractivity (Wildman–Crippen MR) is 85.9 cm³/mol. The van der Waals surface area contributed by atoms with Crippen molar-refractivity contribution in [3.05, 3.63) is 65.9 Å². The molecular weight excluding hydrogens is 278 g/mol. The van der Waals surface area contributed by atoms with Gasteiger partial charge in [-0.2, -0.15) is 0 Å². The second-order valence-corrected chi connectivity index (χ2v) is 5.17. The molecule has 0 fully saturated rings. The summed E-state index contributed by atoms with van der Waals surface area (Å²) in [5.41, 5.74) is 1.71. The summed E-state index contributed by atoms with van der Waals surface area (Å²) in [6.07, 6.45) is -0.584. The smallest absolute Gasteiger partial charge is 0.134 e. The molecule has 0 radical (unpaired) electrons. The average molecular weight is 297 g/mol. The number of hydrogen-bond donors (Lipinski definition) is 2. The summed E-state index contributed by atoms with van der Waals surface area (Å²) >= 11 is 0. The Hall–Kier alpha value is -2.30. The van der Waals surface area contributed by atoms with E-state index in [0.717, 1.165) is 28.0 Å². The summed E-state index contributed by atoms with van der Waals surface area (Å²) in [7, 11) is 1.62. The Labute approximate surface area is 129 Å². The highest BCUT2D eigenvalue weighted by molar-refractivity contribution is 5.77. The summed E-state index contributed by atoms with van der Waals surface area (Å²) in [4.78, 5) is 0. The number of benzene rings is 2. The summed E-state index contributed by atoms with van der Waals surface area (Å²) in [5.74, 6) is 1.60. The lowest BCUT2D eigenvalue weighted by atomic mass is 10.1. The van der Waals surface area contributed by atoms with Crippen LogP contribution in [-0.2, 0) is 6.54 Å². The Morgan fingerprint density at radius 1 is 1.14 bits per heavy atom. The van der Waals surface area contributed by atoms with Gasteiger partial charge in [0, 0.05) is 11.9 Å². The largest absolute Gasteiger partial charge is 0.497 e. The van der Waals surface area contributed by atoms with Crippen molar-refractivity contribution >= 4 is 11.0 Å². The van der Waals surface area contributed by atoms with Crippen molar-refractivity contribution in [1.29, 1.82) is 0 Å². The molecular formula is C18H19NO3. The van der Waals surface area contributed by atoms with Crippen LogP contribution in [0.15, 0.2) is 59.0 Å². The molecule has 2 aromatic carbocycles. The van der Waals surface area contributed by atoms with Gasteiger partial charge in [0.05, 0.1) is 19.8 Å². The number of furan rings is 1. The molecule has 2 N–H and O–H groups in total. The van der Waals surface area contributed by atoms with Gasteiger partial charge in [0.25, 0.3) is 0 Å². The first kappa shape index (κ1) is 14.6. The SMILES string of the molecule is COc1cccc(C(O)CNCc2cc3ccccc3o2)c1. The third kappa shape index (κ3) is 3.30. The van der Waals surface area contributed by atoms with Gasteiger partial charge in [-0.05, 0) is 29.8 Å². The topological polar surface area (TPSA) is 54.6 Å². The number of methoxy groups -OCH3 is 1. The quantitative estimate of drug-likeness (QED) is 0.733. The van der Waals surface area contributed by atoms with Crippen LogP contribution in [0.5, 0.6) is 5.75 Å². The maximum Gasteiger partial charge on any atom is 0.134 e. The van der Waals surface area contributed by atoms with Crippen LogP contribution in [0, 0.1) is 0 Å². The second kappa shape index (κ2) is 6.64. The van der Waals surface area contributed by atoms with Gasteiger partial charge in [-0.15, -0.1) is 0 Å². The Bertz CT molecular complexity index is 718. The molecule has 3 aromatic rings. The molecule has 0 amide bonds. The van der Waals surface area contributed by atoms with Crippen molar-refractivity contribution in [3.63, 3.8) is 0 Å². The monoisotopic (exact) mass is 297 g/mol. The normalized spacial score (nSPS) is 12.5. The maximum atomic E-state index is 10.2. The van der Waals surface area contributed by atoms with Crippen LogP contribution < -0.4 is 10.1 Å². The van der Waals surface area contributed by atoms with Crippen molar-refractivity contribution < 1.29 is 14.3 Å². The first-order valence-corrected chi connectivity index (χ1v) is 7.26. The van der Waals surface area contributed by atoms with Crippen molar-refractivity contribution in [2.45, 2.75) is 12.6 Å². The molecule has 4 heteroatoms. The number of fused-ring (bicyclic) bond motifs is 1. The Kier molecular flexibility index (Phi) is 4.42. The lowest BCUT2D eigenvalue weighted by Crippen LogP contribution is -2.20. The van der Waals surface area contributed by atoms with E-state index in [-0.39, 0.29) is 0 Å². The Morgan fingerprint density at radius 3 is 2.82 bits per heavy atom. The van der Waals surface area contributed by atoms with Gasteiger partial charge in [0.1, 0.15) is 17.1 Å². The molecule has 3 rings (SSSR count). The van der Waals surface area contributed by atoms with E-state index in [4.69, 9.17) is 9.15 Å². The van der Waals surface area contributed by atoms with Crippen LogP contribution >= 0.6 is 0 Å². The fourth-order valence-electron chi connectivity index (χ4n) is 2.42. The third-order valence-electron chi connectivity index (χ3n) is 3.59. The minimum Gasteiger partial charge on any atom is -0.497 e. The first-order chi connectivity index (χ1) is 10.8. The summed E-state index contributed by atoms with van der Waals surface area (Å²) in [5, 5.41) is 14.5. The number of hydrogen-bond acceptors (Lipinski definition) is 4. The highest BCUT2D eigenvalue weighted by Crippen LogP contribution is 2.20. The minimum atomic E-state index is -0.584. The Balaban J connectivity index is 1.57. The van der Waals surface area contributed by atoms with Crippen molar-refractivity contribution in [1.82, 2.24) is 5.32 Å². The molecule has 1 atom stereocenters. The number of nitrogens with one attached hydrogen (secondary N) is 1. The fraction of sp³-hybridized carbons (Fsp3) is 0.222. The molecule has 0 saturated carbocycles. The van der Waals surface area contributed by atoms with Crippen molar-refractivity contribution in [3.8, 4) is 5.75 Å². The van der Waals surface area contributed by atoms with E-state index in [1.807, 2.05) is 54.6 Å². The summed E-state index contributed by atoms with van der Waals surface area (Å²) < 4.78 is 10.9. The molecule has 0 aliphatic heterocycles. The van der Waals surface area contributed by atoms with Crippen molar-refractivity contribution in [2.24, 2.45) is 0 Å². The number of aliphatic hydroxyl groups is 1. The maximum absolute atomic E-state index is 10.2. The van der Waals surface area contributed by atoms with Gasteiger partial charge >= 0.3 is 0 Å². The lowest BCUT2D eigenvalue weighted by Gasteiger charge is -2.12. The third-order valence-corrected chi connectivity index (χ3v) is 3.59. The van der Waals surface area contributed by atoms with Crippen LogP contribution in [0.25, 0.3) is 11.0 Å². The highest BCUT2D eigenvalue weighted by Gasteiger charge is 2.09. The van der Waals surface area contributed by atoms with E-state index in [9.17, 15) is 5.11 Å². The van der Waals surface area contributed by atoms with Gasteiger partial charge in [-0.25, -0.2) is 0 Å². The summed E-state index contributed by atoms with van der Waals surface area (Å²) in [6.45, 7) is 1.03. The van der Waals surface area contributed by atoms with Crippen LogP contribution in [0.2, 0.25) is 0 Å². The van der Waals surface area contributed by atoms with E-state index in [1.165, 1.54) is 0 Å². The van der Waals surface area contributed by atoms with Crippen molar-refractivity contribution in [2.75, 3.05) is 13.7 Å². The number of para-hydroxylation sites is 1. The summed E-state index contributed by atoms with van der Waals surface area (Å²) in [6, 6.07) is 17.4. The van der Waals surface area contributed by atoms with Gasteiger partial charge in [0.15, 0.2) is 0 Å². The van der Waals surface area contributed by atoms with Gasteiger partial charge < -0.3 is 19.6 Å². The number of aliphatic hydroxyl groups excluding tert-OH is 1. The molecule has 1 unspecified atom stereocenters. The Morgan fingerprint density at radius 2 is 2.00 bits per heavy atom. The van der Waals surface area contributed by atoms with Gasteiger partial charge in [-0.1, -0.05) is 30.3 Å². The van der Waals surface area contributed by atoms with Gasteiger partial charge in [0.2, 0.25) is 0 Å². The van der Waals surface area contributed by atoms with Crippen LogP contribution in [0.3, 0.4) is 0 Å². The second-order valence-electron chi connectivity index (χ2n) is 5.17. The number of ether oxygens (including phenoxy) is 1. The zero-order chi connectivity index (χ0) is 15.4. The van der Waals surface area contributed by atoms with Crippen LogP contribution in [0.1, 0.15) is 17.4 Å². The van der Waals surface area contributed by atoms with E-state index < -0.39 is 6.10 Å². The van der Waals surface area contributed by atoms with Crippen LogP contribution in [-0.4, -0.2) is 18.8 Å². The highest BCUT2D eigenvalue weighted by atomic mass is 16.5. The zero-order valence-corrected chi connectivity index (χ0v) is 12.5. The number of rotatable bonds is 6. The standard InChI is InChI=1S/C18H19NO3/c1-21-15-7-4-6-13(9-15)17(20)12-19-11-16-10-14-5-2-3-8-18(14)22-16/h2-10,17,19-20H,11-12H2,1H3. The minimum absolute atomic E-state index is 0.449. The molecule has 0 aliphatic carbocycles. The molecule has 1 aromatic heterocycles. The molecule has 0 aliphatic rings. The van der Waals surface area contributed by atoms with E-state index >= 15 is 0 Å². The molecule has 0 saturated heterocycles. The fourth-order valence-corrected chi connectivity index (χ4v) is 2.42. The molecule has 0 spiro atoms. The predicted octanol–water partition coefficient (Wildman–Crippen LogP) is 3.26. The average Bonchev–Trinajstić information content (AvgIpc) is 2.97. The van der Waals surface area contributed by atoms with Crippen LogP contribution in [0.4, 0.5) is 0 Å². The van der Waals surface area contributed by atoms with Gasteiger partial charge in [-0.3, -0.25) is 0 Å². The van der Waals surface area contributed by atoms with E-state index in [2.05, 4.69) is 5.32 Å². The van der Waals surface area contributed by atoms with E-state index in [0.29, 0.717) is 13.1 Å². The molecule has 22 heavy (non-hydrogen) atoms. The zero-order valence-electron chi connectivity index (χ0n) is 12.5. The molecule has 4 nitrogen and oxygen atoms in total. The van der Waals surface area contributed by atoms with E-state index in [1.54, 1.807) is 7.11 Å². The molecule has 1 heterocycles. The molecule has 114 valence electrons. The first-order valence-electron chi connectivity index (χ1n) is 7.26. The molecule has 0 bridgehead atoms. The lowest BCUT2D eigenvalue weighted by molar-refractivity contribution is 0.173.